The smallest absolute Gasteiger partial charge is 0.373 e. The van der Waals surface area contributed by atoms with Gasteiger partial charge in [0.1, 0.15) is 0 Å². The van der Waals surface area contributed by atoms with Crippen molar-refractivity contribution >= 4 is 27.6 Å². The zero-order valence-electron chi connectivity index (χ0n) is 9.51. The molecule has 0 saturated heterocycles. The minimum atomic E-state index is -0.705. The number of nitrogens with zero attached hydrogens (tertiary/aromatic N) is 2. The molecule has 1 aromatic heterocycles. The standard InChI is InChI=1S/C9H9BrN2O6/c1-16-6(13)4-18-9-7(12(14)15)8(17-2)5(10)3-11-9/h3H,4H2,1-2H3. The van der Waals surface area contributed by atoms with Crippen molar-refractivity contribution in [2.45, 2.75) is 0 Å². The van der Waals surface area contributed by atoms with E-state index in [1.807, 2.05) is 0 Å². The van der Waals surface area contributed by atoms with Crippen molar-refractivity contribution in [3.8, 4) is 11.6 Å². The van der Waals surface area contributed by atoms with E-state index >= 15 is 0 Å². The summed E-state index contributed by atoms with van der Waals surface area (Å²) >= 11 is 3.06. The normalized spacial score (nSPS) is 9.72. The van der Waals surface area contributed by atoms with E-state index in [1.54, 1.807) is 0 Å². The molecule has 0 aliphatic carbocycles. The number of halogens is 1. The lowest BCUT2D eigenvalue weighted by Crippen LogP contribution is -2.14. The van der Waals surface area contributed by atoms with Crippen LogP contribution in [0.5, 0.6) is 11.6 Å². The van der Waals surface area contributed by atoms with E-state index in [-0.39, 0.29) is 11.6 Å². The Morgan fingerprint density at radius 3 is 2.72 bits per heavy atom. The summed E-state index contributed by atoms with van der Waals surface area (Å²) in [7, 11) is 2.45. The van der Waals surface area contributed by atoms with Crippen molar-refractivity contribution in [1.82, 2.24) is 4.98 Å². The van der Waals surface area contributed by atoms with Crippen LogP contribution >= 0.6 is 15.9 Å². The highest BCUT2D eigenvalue weighted by Crippen LogP contribution is 2.40. The number of methoxy groups -OCH3 is 2. The van der Waals surface area contributed by atoms with Gasteiger partial charge in [0.25, 0.3) is 5.88 Å². The van der Waals surface area contributed by atoms with Crippen molar-refractivity contribution in [2.75, 3.05) is 20.8 Å². The Kier molecular flexibility index (Phi) is 4.84. The molecule has 0 atom stereocenters. The van der Waals surface area contributed by atoms with Gasteiger partial charge < -0.3 is 14.2 Å². The molecule has 0 N–H and O–H groups in total. The molecule has 0 unspecified atom stereocenters. The lowest BCUT2D eigenvalue weighted by molar-refractivity contribution is -0.387. The van der Waals surface area contributed by atoms with Crippen LogP contribution < -0.4 is 9.47 Å². The summed E-state index contributed by atoms with van der Waals surface area (Å²) in [4.78, 5) is 24.8. The van der Waals surface area contributed by atoms with Gasteiger partial charge in [-0.05, 0) is 15.9 Å². The highest BCUT2D eigenvalue weighted by atomic mass is 79.9. The van der Waals surface area contributed by atoms with E-state index in [2.05, 4.69) is 25.7 Å². The summed E-state index contributed by atoms with van der Waals surface area (Å²) in [5.41, 5.74) is -0.462. The number of esters is 1. The Morgan fingerprint density at radius 1 is 1.56 bits per heavy atom. The number of hydrogen-bond donors (Lipinski definition) is 0. The maximum Gasteiger partial charge on any atom is 0.373 e. The number of nitro groups is 1. The third kappa shape index (κ3) is 3.06. The van der Waals surface area contributed by atoms with Crippen molar-refractivity contribution in [3.63, 3.8) is 0 Å². The van der Waals surface area contributed by atoms with E-state index in [0.29, 0.717) is 4.47 Å². The summed E-state index contributed by atoms with van der Waals surface area (Å²) in [6.45, 7) is -0.477. The van der Waals surface area contributed by atoms with Crippen molar-refractivity contribution in [1.29, 1.82) is 0 Å². The van der Waals surface area contributed by atoms with Crippen molar-refractivity contribution in [3.05, 3.63) is 20.8 Å². The van der Waals surface area contributed by atoms with Crippen LogP contribution in [0.25, 0.3) is 0 Å². The fourth-order valence-corrected chi connectivity index (χ4v) is 1.54. The number of carbonyl (C=O) groups is 1. The average molecular weight is 321 g/mol. The molecule has 1 rings (SSSR count). The van der Waals surface area contributed by atoms with E-state index < -0.39 is 23.2 Å². The van der Waals surface area contributed by atoms with Crippen molar-refractivity contribution in [2.24, 2.45) is 0 Å². The zero-order chi connectivity index (χ0) is 13.7. The molecule has 0 amide bonds. The Bertz CT molecular complexity index is 478. The highest BCUT2D eigenvalue weighted by molar-refractivity contribution is 9.10. The molecule has 9 heteroatoms. The zero-order valence-corrected chi connectivity index (χ0v) is 11.1. The molecule has 0 saturated carbocycles. The summed E-state index contributed by atoms with van der Waals surface area (Å²) in [6, 6.07) is 0. The molecule has 0 aromatic carbocycles. The first kappa shape index (κ1) is 14.2. The second-order valence-electron chi connectivity index (χ2n) is 2.92. The van der Waals surface area contributed by atoms with Gasteiger partial charge in [-0.2, -0.15) is 0 Å². The van der Waals surface area contributed by atoms with Gasteiger partial charge in [0.2, 0.25) is 5.75 Å². The number of hydrogen-bond acceptors (Lipinski definition) is 7. The van der Waals surface area contributed by atoms with Gasteiger partial charge in [-0.3, -0.25) is 10.1 Å². The van der Waals surface area contributed by atoms with E-state index in [1.165, 1.54) is 20.4 Å². The maximum absolute atomic E-state index is 10.9. The average Bonchev–Trinajstić information content (AvgIpc) is 2.35. The minimum Gasteiger partial charge on any atom is -0.489 e. The molecule has 1 aromatic rings. The number of rotatable bonds is 5. The molecule has 0 fully saturated rings. The molecule has 98 valence electrons. The van der Waals surface area contributed by atoms with Crippen LogP contribution in [0.1, 0.15) is 0 Å². The number of ether oxygens (including phenoxy) is 3. The quantitative estimate of drug-likeness (QED) is 0.458. The van der Waals surface area contributed by atoms with E-state index in [9.17, 15) is 14.9 Å². The Hall–Kier alpha value is -1.90. The topological polar surface area (TPSA) is 101 Å². The lowest BCUT2D eigenvalue weighted by Gasteiger charge is -2.08. The maximum atomic E-state index is 10.9. The largest absolute Gasteiger partial charge is 0.489 e. The Labute approximate surface area is 110 Å². The van der Waals surface area contributed by atoms with E-state index in [4.69, 9.17) is 9.47 Å². The first-order valence-electron chi connectivity index (χ1n) is 4.57. The fraction of sp³-hybridized carbons (Fsp3) is 0.333. The Balaban J connectivity index is 3.11. The SMILES string of the molecule is COC(=O)COc1ncc(Br)c(OC)c1[N+](=O)[O-]. The molecule has 0 radical (unpaired) electrons. The third-order valence-corrected chi connectivity index (χ3v) is 2.44. The van der Waals surface area contributed by atoms with Crippen LogP contribution in [0.4, 0.5) is 5.69 Å². The van der Waals surface area contributed by atoms with Crippen LogP contribution in [-0.4, -0.2) is 36.7 Å². The molecule has 0 aliphatic rings. The first-order chi connectivity index (χ1) is 8.51. The first-order valence-corrected chi connectivity index (χ1v) is 5.37. The van der Waals surface area contributed by atoms with Crippen LogP contribution in [-0.2, 0) is 9.53 Å². The van der Waals surface area contributed by atoms with Crippen molar-refractivity contribution < 1.29 is 23.9 Å². The summed E-state index contributed by atoms with van der Waals surface area (Å²) in [5, 5.41) is 10.9. The van der Waals surface area contributed by atoms with Gasteiger partial charge in [-0.25, -0.2) is 9.78 Å². The second-order valence-corrected chi connectivity index (χ2v) is 3.77. The van der Waals surface area contributed by atoms with Gasteiger partial charge in [-0.1, -0.05) is 0 Å². The summed E-state index contributed by atoms with van der Waals surface area (Å²) in [6.07, 6.45) is 1.28. The summed E-state index contributed by atoms with van der Waals surface area (Å²) in [5.74, 6) is -1.02. The molecule has 1 heterocycles. The predicted octanol–water partition coefficient (Wildman–Crippen LogP) is 1.31. The molecular formula is C9H9BrN2O6. The van der Waals surface area contributed by atoms with Crippen LogP contribution in [0, 0.1) is 10.1 Å². The molecule has 8 nitrogen and oxygen atoms in total. The fourth-order valence-electron chi connectivity index (χ4n) is 1.09. The van der Waals surface area contributed by atoms with Crippen LogP contribution in [0.3, 0.4) is 0 Å². The monoisotopic (exact) mass is 320 g/mol. The molecule has 18 heavy (non-hydrogen) atoms. The number of pyridine rings is 1. The van der Waals surface area contributed by atoms with Gasteiger partial charge >= 0.3 is 11.7 Å². The summed E-state index contributed by atoms with van der Waals surface area (Å²) < 4.78 is 14.5. The van der Waals surface area contributed by atoms with Gasteiger partial charge in [0.15, 0.2) is 6.61 Å². The molecule has 0 aliphatic heterocycles. The highest BCUT2D eigenvalue weighted by Gasteiger charge is 2.27. The van der Waals surface area contributed by atoms with Crippen LogP contribution in [0.2, 0.25) is 0 Å². The van der Waals surface area contributed by atoms with Gasteiger partial charge in [0.05, 0.1) is 23.6 Å². The lowest BCUT2D eigenvalue weighted by atomic mass is 10.4. The van der Waals surface area contributed by atoms with E-state index in [0.717, 1.165) is 0 Å². The Morgan fingerprint density at radius 2 is 2.22 bits per heavy atom. The van der Waals surface area contributed by atoms with Gasteiger partial charge in [-0.15, -0.1) is 0 Å². The minimum absolute atomic E-state index is 0.0325. The number of carbonyl (C=O) groups excluding carboxylic acids is 1. The predicted molar refractivity (Wildman–Crippen MR) is 62.7 cm³/mol. The molecule has 0 spiro atoms. The number of aromatic nitrogens is 1. The van der Waals surface area contributed by atoms with Gasteiger partial charge in [0, 0.05) is 6.20 Å². The second kappa shape index (κ2) is 6.15. The third-order valence-electron chi connectivity index (χ3n) is 1.87. The van der Waals surface area contributed by atoms with Crippen LogP contribution in [0.15, 0.2) is 10.7 Å². The molecular weight excluding hydrogens is 312 g/mol. The molecule has 0 bridgehead atoms.